The van der Waals surface area contributed by atoms with E-state index < -0.39 is 18.1 Å². The Hall–Kier alpha value is -4.25. The molecule has 0 unspecified atom stereocenters. The molecule has 0 atom stereocenters. The monoisotopic (exact) mass is 525 g/mol. The number of nitrogens with zero attached hydrogens (tertiary/aromatic N) is 6. The van der Waals surface area contributed by atoms with Crippen molar-refractivity contribution >= 4 is 34.5 Å². The van der Waals surface area contributed by atoms with Crippen LogP contribution in [0.3, 0.4) is 0 Å². The molecule has 0 bridgehead atoms. The number of aromatic nitrogens is 6. The van der Waals surface area contributed by atoms with E-state index in [2.05, 4.69) is 25.5 Å². The second kappa shape index (κ2) is 10.0. The molecule has 1 N–H and O–H groups in total. The minimum atomic E-state index is -2.75. The van der Waals surface area contributed by atoms with Gasteiger partial charge in [-0.3, -0.25) is 10.1 Å². The van der Waals surface area contributed by atoms with Crippen molar-refractivity contribution in [2.24, 2.45) is 0 Å². The maximum absolute atomic E-state index is 13.9. The zero-order valence-electron chi connectivity index (χ0n) is 19.4. The fraction of sp³-hybridized carbons (Fsp3) is 0.160. The van der Waals surface area contributed by atoms with Crippen LogP contribution in [-0.4, -0.2) is 35.4 Å². The highest BCUT2D eigenvalue weighted by atomic mass is 35.5. The summed E-state index contributed by atoms with van der Waals surface area (Å²) in [7, 11) is 0. The number of fused-ring (bicyclic) bond motifs is 1. The maximum Gasteiger partial charge on any atom is 0.264 e. The molecule has 8 nitrogen and oxygen atoms in total. The molecule has 3 aromatic heterocycles. The first-order valence-corrected chi connectivity index (χ1v) is 11.5. The van der Waals surface area contributed by atoms with Gasteiger partial charge in [0.2, 0.25) is 11.9 Å². The van der Waals surface area contributed by atoms with Crippen LogP contribution in [0.25, 0.3) is 22.3 Å². The number of rotatable bonds is 7. The number of anilines is 1. The predicted octanol–water partition coefficient (Wildman–Crippen LogP) is 5.42. The largest absolute Gasteiger partial charge is 0.292 e. The Labute approximate surface area is 213 Å². The van der Waals surface area contributed by atoms with Gasteiger partial charge < -0.3 is 0 Å². The highest BCUT2D eigenvalue weighted by molar-refractivity contribution is 6.31. The van der Waals surface area contributed by atoms with E-state index in [1.165, 1.54) is 40.0 Å². The third-order valence-electron chi connectivity index (χ3n) is 5.64. The number of nitrogens with one attached hydrogen (secondary N) is 1. The van der Waals surface area contributed by atoms with Crippen molar-refractivity contribution in [3.05, 3.63) is 88.6 Å². The van der Waals surface area contributed by atoms with Crippen LogP contribution >= 0.6 is 11.6 Å². The van der Waals surface area contributed by atoms with E-state index in [1.807, 2.05) is 6.07 Å². The third-order valence-corrected chi connectivity index (χ3v) is 5.99. The molecule has 12 heteroatoms. The lowest BCUT2D eigenvalue weighted by Gasteiger charge is -2.09. The molecular formula is C25H19ClF3N7O. The number of pyridine rings is 1. The first kappa shape index (κ1) is 24.4. The van der Waals surface area contributed by atoms with Crippen LogP contribution in [0, 0.1) is 12.7 Å². The quantitative estimate of drug-likeness (QED) is 0.306. The van der Waals surface area contributed by atoms with E-state index in [4.69, 9.17) is 11.6 Å². The fourth-order valence-electron chi connectivity index (χ4n) is 3.98. The van der Waals surface area contributed by atoms with Gasteiger partial charge in [-0.1, -0.05) is 48.0 Å². The molecule has 0 saturated heterocycles. The van der Waals surface area contributed by atoms with Gasteiger partial charge in [0.25, 0.3) is 6.43 Å². The lowest BCUT2D eigenvalue weighted by atomic mass is 10.1. The van der Waals surface area contributed by atoms with E-state index in [1.54, 1.807) is 31.2 Å². The number of carbonyl (C=O) groups is 1. The number of benzene rings is 2. The Morgan fingerprint density at radius 1 is 1.11 bits per heavy atom. The van der Waals surface area contributed by atoms with E-state index in [0.717, 1.165) is 0 Å². The van der Waals surface area contributed by atoms with Crippen molar-refractivity contribution in [1.82, 2.24) is 29.5 Å². The van der Waals surface area contributed by atoms with Crippen molar-refractivity contribution in [1.29, 1.82) is 0 Å². The molecule has 0 fully saturated rings. The summed E-state index contributed by atoms with van der Waals surface area (Å²) < 4.78 is 43.9. The molecule has 0 radical (unpaired) electrons. The van der Waals surface area contributed by atoms with Crippen molar-refractivity contribution in [3.63, 3.8) is 0 Å². The molecule has 5 rings (SSSR count). The van der Waals surface area contributed by atoms with Gasteiger partial charge in [0.05, 0.1) is 23.3 Å². The molecule has 0 aliphatic carbocycles. The molecule has 0 saturated carbocycles. The minimum absolute atomic E-state index is 0.0302. The third kappa shape index (κ3) is 5.17. The summed E-state index contributed by atoms with van der Waals surface area (Å²) >= 11 is 6.06. The zero-order chi connectivity index (χ0) is 26.1. The van der Waals surface area contributed by atoms with Gasteiger partial charge in [0.15, 0.2) is 5.65 Å². The molecule has 37 heavy (non-hydrogen) atoms. The van der Waals surface area contributed by atoms with Gasteiger partial charge in [-0.05, 0) is 30.7 Å². The number of hydrogen-bond donors (Lipinski definition) is 1. The SMILES string of the molecule is Cc1nn(CC(=O)Nc2ncn(Cc3ccc(F)cc3Cl)n2)c2nc(-c3ccccc3)cc(C(F)F)c12. The Morgan fingerprint density at radius 2 is 1.89 bits per heavy atom. The summed E-state index contributed by atoms with van der Waals surface area (Å²) in [5.41, 5.74) is 1.95. The van der Waals surface area contributed by atoms with Crippen LogP contribution in [0.4, 0.5) is 19.1 Å². The second-order valence-electron chi connectivity index (χ2n) is 8.25. The minimum Gasteiger partial charge on any atom is -0.292 e. The van der Waals surface area contributed by atoms with E-state index in [-0.39, 0.29) is 40.7 Å². The molecule has 0 aliphatic heterocycles. The normalized spacial score (nSPS) is 11.4. The maximum atomic E-state index is 13.9. The smallest absolute Gasteiger partial charge is 0.264 e. The Morgan fingerprint density at radius 3 is 2.62 bits per heavy atom. The van der Waals surface area contributed by atoms with Gasteiger partial charge in [-0.2, -0.15) is 5.10 Å². The highest BCUT2D eigenvalue weighted by Gasteiger charge is 2.22. The van der Waals surface area contributed by atoms with Gasteiger partial charge >= 0.3 is 0 Å². The second-order valence-corrected chi connectivity index (χ2v) is 8.66. The Kier molecular flexibility index (Phi) is 6.62. The van der Waals surface area contributed by atoms with Gasteiger partial charge in [-0.25, -0.2) is 32.5 Å². The van der Waals surface area contributed by atoms with Crippen LogP contribution in [0.2, 0.25) is 5.02 Å². The number of carbonyl (C=O) groups excluding carboxylic acids is 1. The number of aryl methyl sites for hydroxylation is 1. The van der Waals surface area contributed by atoms with E-state index >= 15 is 0 Å². The number of alkyl halides is 2. The predicted molar refractivity (Wildman–Crippen MR) is 132 cm³/mol. The molecule has 188 valence electrons. The molecule has 1 amide bonds. The van der Waals surface area contributed by atoms with Gasteiger partial charge in [0.1, 0.15) is 18.7 Å². The summed E-state index contributed by atoms with van der Waals surface area (Å²) in [6.45, 7) is 1.51. The molecule has 2 aromatic carbocycles. The van der Waals surface area contributed by atoms with E-state index in [9.17, 15) is 18.0 Å². The fourth-order valence-corrected chi connectivity index (χ4v) is 4.21. The van der Waals surface area contributed by atoms with Crippen molar-refractivity contribution < 1.29 is 18.0 Å². The van der Waals surface area contributed by atoms with Crippen LogP contribution in [0.5, 0.6) is 0 Å². The summed E-state index contributed by atoms with van der Waals surface area (Å²) in [5.74, 6) is -0.942. The molecule has 5 aromatic rings. The first-order chi connectivity index (χ1) is 17.8. The topological polar surface area (TPSA) is 90.5 Å². The van der Waals surface area contributed by atoms with Crippen LogP contribution in [0.1, 0.15) is 23.2 Å². The summed E-state index contributed by atoms with van der Waals surface area (Å²) in [6.07, 6.45) is -1.35. The Balaban J connectivity index is 1.38. The average Bonchev–Trinajstić information content (AvgIpc) is 3.44. The van der Waals surface area contributed by atoms with Gasteiger partial charge in [-0.15, -0.1) is 5.10 Å². The summed E-state index contributed by atoms with van der Waals surface area (Å²) in [5, 5.41) is 11.5. The standard InChI is InChI=1S/C25H19ClF3N7O/c1-14-22-18(23(28)29)10-20(15-5-3-2-4-6-15)31-24(22)36(33-14)12-21(37)32-25-30-13-35(34-25)11-16-7-8-17(27)9-19(16)26/h2-10,13,23H,11-12H2,1H3,(H,32,34,37). The molecule has 0 spiro atoms. The van der Waals surface area contributed by atoms with Crippen LogP contribution in [-0.2, 0) is 17.9 Å². The van der Waals surface area contributed by atoms with Crippen molar-refractivity contribution in [2.45, 2.75) is 26.4 Å². The average molecular weight is 526 g/mol. The number of hydrogen-bond acceptors (Lipinski definition) is 5. The van der Waals surface area contributed by atoms with Gasteiger partial charge in [0, 0.05) is 16.1 Å². The highest BCUT2D eigenvalue weighted by Crippen LogP contribution is 2.33. The lowest BCUT2D eigenvalue weighted by Crippen LogP contribution is -2.20. The van der Waals surface area contributed by atoms with Crippen molar-refractivity contribution in [2.75, 3.05) is 5.32 Å². The van der Waals surface area contributed by atoms with E-state index in [0.29, 0.717) is 22.5 Å². The Bertz CT molecular complexity index is 1600. The number of amides is 1. The summed E-state index contributed by atoms with van der Waals surface area (Å²) in [4.78, 5) is 21.4. The number of halogens is 4. The first-order valence-electron chi connectivity index (χ1n) is 11.1. The lowest BCUT2D eigenvalue weighted by molar-refractivity contribution is -0.116. The zero-order valence-corrected chi connectivity index (χ0v) is 20.1. The molecular weight excluding hydrogens is 507 g/mol. The summed E-state index contributed by atoms with van der Waals surface area (Å²) in [6, 6.07) is 14.3. The molecule has 3 heterocycles. The van der Waals surface area contributed by atoms with Crippen LogP contribution < -0.4 is 5.32 Å². The van der Waals surface area contributed by atoms with Crippen molar-refractivity contribution in [3.8, 4) is 11.3 Å². The van der Waals surface area contributed by atoms with Crippen LogP contribution in [0.15, 0.2) is 60.9 Å². The molecule has 0 aliphatic rings.